The van der Waals surface area contributed by atoms with E-state index >= 15 is 0 Å². The van der Waals surface area contributed by atoms with Crippen molar-refractivity contribution in [3.05, 3.63) is 35.5 Å². The molecule has 2 aliphatic rings. The number of ether oxygens (including phenoxy) is 1. The van der Waals surface area contributed by atoms with Crippen LogP contribution >= 0.6 is 11.3 Å². The molecule has 0 saturated carbocycles. The number of hydrogen-bond acceptors (Lipinski definition) is 13. The Balaban J connectivity index is 1.28. The Morgan fingerprint density at radius 1 is 1.30 bits per heavy atom. The fraction of sp³-hybridized carbons (Fsp3) is 0.500. The molecule has 47 heavy (non-hydrogen) atoms. The molecule has 1 amide bonds. The topological polar surface area (TPSA) is 229 Å². The summed E-state index contributed by atoms with van der Waals surface area (Å²) in [5.41, 5.74) is 5.00. The van der Waals surface area contributed by atoms with Crippen LogP contribution < -0.4 is 20.5 Å². The number of oxime groups is 1. The van der Waals surface area contributed by atoms with Crippen LogP contribution in [0.1, 0.15) is 38.8 Å². The minimum Gasteiger partial charge on any atom is -0.489 e. The highest BCUT2D eigenvalue weighted by molar-refractivity contribution is 7.80. The maximum atomic E-state index is 13.4. The van der Waals surface area contributed by atoms with E-state index in [0.717, 1.165) is 54.7 Å². The van der Waals surface area contributed by atoms with Crippen molar-refractivity contribution < 1.29 is 51.0 Å². The molecule has 0 aliphatic carbocycles. The number of hydrogen-bond donors (Lipinski definition) is 4. The number of carboxylic acid groups (broad SMARTS) is 1. The molecule has 5 rings (SSSR count). The van der Waals surface area contributed by atoms with Gasteiger partial charge >= 0.3 is 16.4 Å². The number of nitrogens with zero attached hydrogens (tertiary/aromatic N) is 5. The number of aromatic nitrogens is 3. The van der Waals surface area contributed by atoms with E-state index < -0.39 is 64.4 Å². The van der Waals surface area contributed by atoms with Crippen LogP contribution in [0.2, 0.25) is 0 Å². The van der Waals surface area contributed by atoms with Crippen LogP contribution in [-0.2, 0) is 47.5 Å². The summed E-state index contributed by atoms with van der Waals surface area (Å²) in [5, 5.41) is 19.9. The summed E-state index contributed by atoms with van der Waals surface area (Å²) in [6.07, 6.45) is 2.11. The van der Waals surface area contributed by atoms with Crippen molar-refractivity contribution in [2.75, 3.05) is 25.4 Å². The second-order valence-electron chi connectivity index (χ2n) is 11.9. The zero-order chi connectivity index (χ0) is 34.1. The van der Waals surface area contributed by atoms with Gasteiger partial charge in [0.15, 0.2) is 23.2 Å². The monoisotopic (exact) mass is 694 g/mol. The van der Waals surface area contributed by atoms with Crippen molar-refractivity contribution >= 4 is 61.1 Å². The normalized spacial score (nSPS) is 19.4. The highest BCUT2D eigenvalue weighted by Crippen LogP contribution is 2.40. The number of nitrogens with one attached hydrogen (secondary N) is 1. The first-order valence-corrected chi connectivity index (χ1v) is 16.9. The first kappa shape index (κ1) is 34.2. The molecule has 2 atom stereocenters. The van der Waals surface area contributed by atoms with Crippen LogP contribution in [0.4, 0.5) is 5.13 Å². The number of aryl methyl sites for hydroxylation is 1. The SMILES string of the molecule is Cn1c2ccc(OC[C@H](O/N=C(\C(=O)C[C@@H]3C(=O)N(OS(=O)(=O)O)C3(C)C)c3csc(N)n3)C(=O)O)cc2c[n+]1CC1CCNCC1. The van der Waals surface area contributed by atoms with Crippen LogP contribution in [-0.4, -0.2) is 87.5 Å². The number of thiazole rings is 1. The first-order valence-electron chi connectivity index (χ1n) is 14.7. The van der Waals surface area contributed by atoms with Crippen LogP contribution in [0, 0.1) is 11.8 Å². The molecule has 4 heterocycles. The molecule has 2 aromatic heterocycles. The van der Waals surface area contributed by atoms with Gasteiger partial charge in [-0.2, -0.15) is 18.2 Å². The summed E-state index contributed by atoms with van der Waals surface area (Å²) in [5.74, 6) is -3.13. The lowest BCUT2D eigenvalue weighted by atomic mass is 9.74. The zero-order valence-electron chi connectivity index (χ0n) is 25.9. The number of ketones is 1. The standard InChI is InChI=1S/C28H35N7O10S2/c1-28(2)19(25(37)35(28)45-47(40,41)42)11-22(36)24(20-15-46-27(29)31-20)32-44-23(26(38)39)14-43-18-4-5-21-17(10-18)13-34(33(21)3)12-16-6-8-30-9-7-16/h4-5,10,13,15-16,19,23,30H,6-9,11-12,14H2,1-3H3,(H3-,29,31,38,39,40,41,42)/p+1/b32-24-/t19-,23+/m1/s1. The van der Waals surface area contributed by atoms with Gasteiger partial charge in [0, 0.05) is 17.7 Å². The average molecular weight is 695 g/mol. The Hall–Kier alpha value is -4.17. The van der Waals surface area contributed by atoms with Gasteiger partial charge in [-0.15, -0.1) is 20.3 Å². The number of hydroxylamine groups is 2. The van der Waals surface area contributed by atoms with Crippen molar-refractivity contribution in [1.29, 1.82) is 0 Å². The molecule has 0 spiro atoms. The van der Waals surface area contributed by atoms with E-state index in [1.54, 1.807) is 12.1 Å². The lowest BCUT2D eigenvalue weighted by Crippen LogP contribution is -2.68. The lowest BCUT2D eigenvalue weighted by Gasteiger charge is -2.50. The van der Waals surface area contributed by atoms with Crippen LogP contribution in [0.5, 0.6) is 5.75 Å². The Morgan fingerprint density at radius 3 is 2.64 bits per heavy atom. The number of carboxylic acids is 1. The summed E-state index contributed by atoms with van der Waals surface area (Å²) >= 11 is 0.998. The number of carbonyl (C=O) groups is 3. The molecule has 2 aliphatic heterocycles. The number of amides is 1. The van der Waals surface area contributed by atoms with E-state index in [1.807, 2.05) is 19.3 Å². The van der Waals surface area contributed by atoms with Gasteiger partial charge < -0.3 is 25.7 Å². The predicted octanol–water partition coefficient (Wildman–Crippen LogP) is 0.688. The quantitative estimate of drug-likeness (QED) is 0.0599. The van der Waals surface area contributed by atoms with Gasteiger partial charge in [0.1, 0.15) is 23.6 Å². The number of Topliss-reactive ketones (excluding diaryl/α,β-unsaturated/α-hetero) is 1. The summed E-state index contributed by atoms with van der Waals surface area (Å²) in [4.78, 5) is 47.4. The Kier molecular flexibility index (Phi) is 9.83. The Bertz CT molecular complexity index is 1810. The second-order valence-corrected chi connectivity index (χ2v) is 13.8. The number of β-lactam (4-membered cyclic amide) rings is 1. The molecule has 17 nitrogen and oxygen atoms in total. The molecule has 2 saturated heterocycles. The first-order chi connectivity index (χ1) is 22.1. The zero-order valence-corrected chi connectivity index (χ0v) is 27.5. The Labute approximate surface area is 273 Å². The molecule has 2 fully saturated rings. The van der Waals surface area contributed by atoms with Crippen molar-refractivity contribution in [2.45, 2.75) is 51.3 Å². The number of nitrogens with two attached hydrogens (primary N) is 1. The second kappa shape index (κ2) is 13.5. The number of carbonyl (C=O) groups excluding carboxylic acids is 2. The largest absolute Gasteiger partial charge is 0.489 e. The summed E-state index contributed by atoms with van der Waals surface area (Å²) in [7, 11) is -3.00. The number of nitrogen functional groups attached to an aromatic ring is 1. The van der Waals surface area contributed by atoms with Crippen molar-refractivity contribution in [3.8, 4) is 5.75 Å². The molecule has 19 heteroatoms. The highest BCUT2D eigenvalue weighted by Gasteiger charge is 2.57. The van der Waals surface area contributed by atoms with Gasteiger partial charge in [-0.05, 0) is 58.0 Å². The van der Waals surface area contributed by atoms with Gasteiger partial charge in [0.2, 0.25) is 6.20 Å². The van der Waals surface area contributed by atoms with Crippen LogP contribution in [0.25, 0.3) is 10.9 Å². The van der Waals surface area contributed by atoms with E-state index in [4.69, 9.17) is 19.9 Å². The summed E-state index contributed by atoms with van der Waals surface area (Å²) in [6.45, 7) is 5.30. The van der Waals surface area contributed by atoms with Crippen molar-refractivity contribution in [3.63, 3.8) is 0 Å². The van der Waals surface area contributed by atoms with Crippen LogP contribution in [0.3, 0.4) is 0 Å². The number of benzene rings is 1. The Morgan fingerprint density at radius 2 is 2.02 bits per heavy atom. The van der Waals surface area contributed by atoms with E-state index in [9.17, 15) is 27.9 Å². The molecular weight excluding hydrogens is 658 g/mol. The van der Waals surface area contributed by atoms with E-state index in [-0.39, 0.29) is 10.8 Å². The minimum atomic E-state index is -4.98. The number of fused-ring (bicyclic) bond motifs is 1. The van der Waals surface area contributed by atoms with E-state index in [2.05, 4.69) is 29.1 Å². The van der Waals surface area contributed by atoms with Crippen molar-refractivity contribution in [2.24, 2.45) is 24.0 Å². The molecule has 0 radical (unpaired) electrons. The minimum absolute atomic E-state index is 0.00880. The molecule has 3 aromatic rings. The molecular formula is C28H36N7O10S2+. The number of rotatable bonds is 14. The molecule has 1 aromatic carbocycles. The fourth-order valence-electron chi connectivity index (χ4n) is 5.63. The number of piperidine rings is 1. The van der Waals surface area contributed by atoms with E-state index in [1.165, 1.54) is 19.2 Å². The third-order valence-corrected chi connectivity index (χ3v) is 9.35. The molecule has 254 valence electrons. The highest BCUT2D eigenvalue weighted by atomic mass is 32.3. The summed E-state index contributed by atoms with van der Waals surface area (Å²) in [6, 6.07) is 5.40. The van der Waals surface area contributed by atoms with Gasteiger partial charge in [0.05, 0.1) is 23.9 Å². The van der Waals surface area contributed by atoms with Gasteiger partial charge in [-0.1, -0.05) is 5.16 Å². The third kappa shape index (κ3) is 7.70. The van der Waals surface area contributed by atoms with Gasteiger partial charge in [-0.25, -0.2) is 9.78 Å². The number of anilines is 1. The van der Waals surface area contributed by atoms with E-state index in [0.29, 0.717) is 16.7 Å². The molecule has 5 N–H and O–H groups in total. The third-order valence-electron chi connectivity index (χ3n) is 8.33. The smallest absolute Gasteiger partial charge is 0.418 e. The maximum absolute atomic E-state index is 13.4. The van der Waals surface area contributed by atoms with Crippen LogP contribution in [0.15, 0.2) is 34.9 Å². The maximum Gasteiger partial charge on any atom is 0.418 e. The van der Waals surface area contributed by atoms with Crippen molar-refractivity contribution in [1.82, 2.24) is 20.0 Å². The molecule has 0 bridgehead atoms. The molecule has 0 unspecified atom stereocenters. The predicted molar refractivity (Wildman–Crippen MR) is 166 cm³/mol. The van der Waals surface area contributed by atoms with Gasteiger partial charge in [-0.3, -0.25) is 14.1 Å². The summed E-state index contributed by atoms with van der Waals surface area (Å²) < 4.78 is 45.6. The lowest BCUT2D eigenvalue weighted by molar-refractivity contribution is -0.776. The van der Waals surface area contributed by atoms with Gasteiger partial charge in [0.25, 0.3) is 12.0 Å². The fourth-order valence-corrected chi connectivity index (χ4v) is 6.63. The number of aliphatic carboxylic acids is 1. The average Bonchev–Trinajstić information content (AvgIpc) is 3.57.